The highest BCUT2D eigenvalue weighted by Crippen LogP contribution is 1.97. The molecule has 0 aliphatic carbocycles. The fourth-order valence-corrected chi connectivity index (χ4v) is 1.27. The molecular formula is C7H15NO. The lowest BCUT2D eigenvalue weighted by Crippen LogP contribution is -3.05. The zero-order chi connectivity index (χ0) is 6.69. The van der Waals surface area contributed by atoms with Crippen molar-refractivity contribution in [1.82, 2.24) is 0 Å². The average Bonchev–Trinajstić information content (AvgIpc) is 2.17. The molecule has 0 saturated carbocycles. The second-order valence-corrected chi connectivity index (χ2v) is 2.57. The fourth-order valence-electron chi connectivity index (χ4n) is 1.27. The topological polar surface area (TPSA) is 13.7 Å². The largest absolute Gasteiger partial charge is 0.466 e. The molecule has 1 aliphatic heterocycles. The normalized spacial score (nSPS) is 35.3. The molecule has 1 heterocycles. The highest BCUT2D eigenvalue weighted by Gasteiger charge is 2.19. The van der Waals surface area contributed by atoms with Gasteiger partial charge in [-0.2, -0.15) is 7.05 Å². The summed E-state index contributed by atoms with van der Waals surface area (Å²) in [5, 5.41) is 0. The Morgan fingerprint density at radius 2 is 2.56 bits per heavy atom. The number of likely N-dealkylation sites (tertiary alicyclic amines) is 1. The van der Waals surface area contributed by atoms with E-state index in [2.05, 4.69) is 7.05 Å². The Morgan fingerprint density at radius 3 is 3.00 bits per heavy atom. The molecule has 54 valence electrons. The van der Waals surface area contributed by atoms with Crippen molar-refractivity contribution < 1.29 is 9.64 Å². The van der Waals surface area contributed by atoms with Crippen molar-refractivity contribution in [2.24, 2.45) is 0 Å². The lowest BCUT2D eigenvalue weighted by Gasteiger charge is -2.12. The molecule has 1 aliphatic rings. The number of ether oxygens (including phenoxy) is 1. The van der Waals surface area contributed by atoms with E-state index in [9.17, 15) is 0 Å². The first kappa shape index (κ1) is 7.03. The summed E-state index contributed by atoms with van der Waals surface area (Å²) in [7, 11) is 3.91. The van der Waals surface area contributed by atoms with Crippen LogP contribution in [-0.4, -0.2) is 25.8 Å². The molecule has 1 saturated heterocycles. The molecule has 2 heteroatoms. The van der Waals surface area contributed by atoms with Crippen LogP contribution in [0.25, 0.3) is 0 Å². The Bertz CT molecular complexity index is 83.0. The minimum Gasteiger partial charge on any atom is -0.466 e. The Hall–Kier alpha value is -0.0800. The summed E-state index contributed by atoms with van der Waals surface area (Å²) < 4.78 is 5.41. The van der Waals surface area contributed by atoms with Crippen LogP contribution in [0.2, 0.25) is 0 Å². The SMILES string of the molecule is [CH2-][NH+]1CC[C@@H](OCC)C1. The molecule has 0 amide bonds. The predicted octanol–water partition coefficient (Wildman–Crippen LogP) is -0.528. The van der Waals surface area contributed by atoms with E-state index in [1.165, 1.54) is 17.9 Å². The monoisotopic (exact) mass is 129 g/mol. The fraction of sp³-hybridized carbons (Fsp3) is 0.857. The first-order chi connectivity index (χ1) is 4.33. The molecule has 1 rings (SSSR count). The van der Waals surface area contributed by atoms with Crippen molar-refractivity contribution >= 4 is 0 Å². The highest BCUT2D eigenvalue weighted by molar-refractivity contribution is 4.60. The van der Waals surface area contributed by atoms with Gasteiger partial charge in [0.1, 0.15) is 6.10 Å². The van der Waals surface area contributed by atoms with Crippen LogP contribution < -0.4 is 4.90 Å². The second-order valence-electron chi connectivity index (χ2n) is 2.57. The van der Waals surface area contributed by atoms with E-state index < -0.39 is 0 Å². The van der Waals surface area contributed by atoms with Gasteiger partial charge in [-0.3, -0.25) is 0 Å². The summed E-state index contributed by atoms with van der Waals surface area (Å²) in [5.41, 5.74) is 0. The predicted molar refractivity (Wildman–Crippen MR) is 36.1 cm³/mol. The number of nitrogens with one attached hydrogen (secondary N) is 1. The molecule has 0 aromatic carbocycles. The van der Waals surface area contributed by atoms with Gasteiger partial charge in [-0.25, -0.2) is 0 Å². The van der Waals surface area contributed by atoms with Crippen molar-refractivity contribution in [3.63, 3.8) is 0 Å². The van der Waals surface area contributed by atoms with Gasteiger partial charge in [0.2, 0.25) is 0 Å². The molecule has 0 aromatic rings. The lowest BCUT2D eigenvalue weighted by molar-refractivity contribution is -0.841. The molecule has 1 unspecified atom stereocenters. The maximum Gasteiger partial charge on any atom is 0.109 e. The molecule has 1 fully saturated rings. The second kappa shape index (κ2) is 3.18. The highest BCUT2D eigenvalue weighted by atomic mass is 16.5. The summed E-state index contributed by atoms with van der Waals surface area (Å²) in [6, 6.07) is 0. The lowest BCUT2D eigenvalue weighted by atomic mass is 10.3. The summed E-state index contributed by atoms with van der Waals surface area (Å²) in [6.45, 7) is 5.15. The Kier molecular flexibility index (Phi) is 2.49. The molecular weight excluding hydrogens is 114 g/mol. The van der Waals surface area contributed by atoms with Gasteiger partial charge in [0, 0.05) is 13.0 Å². The van der Waals surface area contributed by atoms with Crippen molar-refractivity contribution in [2.45, 2.75) is 19.4 Å². The number of hydrogen-bond donors (Lipinski definition) is 1. The van der Waals surface area contributed by atoms with E-state index in [4.69, 9.17) is 4.74 Å². The third kappa shape index (κ3) is 1.95. The van der Waals surface area contributed by atoms with Gasteiger partial charge in [-0.1, -0.05) is 0 Å². The maximum absolute atomic E-state index is 5.41. The van der Waals surface area contributed by atoms with Crippen LogP contribution in [-0.2, 0) is 4.74 Å². The van der Waals surface area contributed by atoms with Gasteiger partial charge in [0.15, 0.2) is 0 Å². The Balaban J connectivity index is 2.14. The zero-order valence-electron chi connectivity index (χ0n) is 6.02. The van der Waals surface area contributed by atoms with Gasteiger partial charge in [-0.15, -0.1) is 0 Å². The van der Waals surface area contributed by atoms with Crippen LogP contribution in [0.15, 0.2) is 0 Å². The van der Waals surface area contributed by atoms with Gasteiger partial charge < -0.3 is 9.64 Å². The molecule has 2 nitrogen and oxygen atoms in total. The molecule has 2 atom stereocenters. The molecule has 9 heavy (non-hydrogen) atoms. The van der Waals surface area contributed by atoms with Crippen LogP contribution >= 0.6 is 0 Å². The van der Waals surface area contributed by atoms with Crippen molar-refractivity contribution in [1.29, 1.82) is 0 Å². The van der Waals surface area contributed by atoms with Crippen LogP contribution in [0.5, 0.6) is 0 Å². The van der Waals surface area contributed by atoms with E-state index >= 15 is 0 Å². The van der Waals surface area contributed by atoms with Gasteiger partial charge in [-0.05, 0) is 6.92 Å². The van der Waals surface area contributed by atoms with Crippen molar-refractivity contribution in [2.75, 3.05) is 19.7 Å². The van der Waals surface area contributed by atoms with Crippen LogP contribution in [0.3, 0.4) is 0 Å². The maximum atomic E-state index is 5.41. The Labute approximate surface area is 56.8 Å². The van der Waals surface area contributed by atoms with E-state index in [0.29, 0.717) is 6.10 Å². The first-order valence-corrected chi connectivity index (χ1v) is 3.61. The molecule has 1 N–H and O–H groups in total. The van der Waals surface area contributed by atoms with Crippen molar-refractivity contribution in [3.8, 4) is 0 Å². The molecule has 0 radical (unpaired) electrons. The van der Waals surface area contributed by atoms with E-state index in [0.717, 1.165) is 13.2 Å². The first-order valence-electron chi connectivity index (χ1n) is 3.61. The van der Waals surface area contributed by atoms with E-state index in [1.807, 2.05) is 6.92 Å². The minimum absolute atomic E-state index is 0.488. The summed E-state index contributed by atoms with van der Waals surface area (Å²) in [6.07, 6.45) is 1.68. The Morgan fingerprint density at radius 1 is 1.78 bits per heavy atom. The summed E-state index contributed by atoms with van der Waals surface area (Å²) in [5.74, 6) is 0. The third-order valence-electron chi connectivity index (χ3n) is 1.74. The van der Waals surface area contributed by atoms with E-state index in [1.54, 1.807) is 0 Å². The average molecular weight is 129 g/mol. The molecule has 0 spiro atoms. The van der Waals surface area contributed by atoms with Crippen molar-refractivity contribution in [3.05, 3.63) is 7.05 Å². The third-order valence-corrected chi connectivity index (χ3v) is 1.74. The van der Waals surface area contributed by atoms with Gasteiger partial charge in [0.25, 0.3) is 0 Å². The molecule has 0 bridgehead atoms. The van der Waals surface area contributed by atoms with Gasteiger partial charge in [0.05, 0.1) is 13.1 Å². The van der Waals surface area contributed by atoms with Crippen LogP contribution in [0.1, 0.15) is 13.3 Å². The zero-order valence-corrected chi connectivity index (χ0v) is 6.02. The van der Waals surface area contributed by atoms with Gasteiger partial charge >= 0.3 is 0 Å². The molecule has 0 aromatic heterocycles. The number of hydrogen-bond acceptors (Lipinski definition) is 1. The quantitative estimate of drug-likeness (QED) is 0.495. The number of rotatable bonds is 2. The smallest absolute Gasteiger partial charge is 0.109 e. The van der Waals surface area contributed by atoms with Crippen LogP contribution in [0, 0.1) is 7.05 Å². The summed E-state index contributed by atoms with van der Waals surface area (Å²) >= 11 is 0. The minimum atomic E-state index is 0.488. The standard InChI is InChI=1S/C7H15NO/c1-3-9-7-4-5-8(2)6-7/h7-8H,2-6H2,1H3/t7-/m1/s1. The van der Waals surface area contributed by atoms with E-state index in [-0.39, 0.29) is 0 Å². The van der Waals surface area contributed by atoms with Crippen LogP contribution in [0.4, 0.5) is 0 Å². The number of quaternary nitrogens is 1. The summed E-state index contributed by atoms with van der Waals surface area (Å²) in [4.78, 5) is 1.36.